The van der Waals surface area contributed by atoms with Gasteiger partial charge in [-0.25, -0.2) is 0 Å². The number of unbranched alkanes of at least 4 members (excludes halogenated alkanes) is 3. The number of hydrogen-bond donors (Lipinski definition) is 0. The van der Waals surface area contributed by atoms with E-state index in [0.717, 1.165) is 0 Å². The van der Waals surface area contributed by atoms with Crippen LogP contribution < -0.4 is 0 Å². The van der Waals surface area contributed by atoms with Crippen LogP contribution >= 0.6 is 0 Å². The van der Waals surface area contributed by atoms with Gasteiger partial charge in [-0.05, 0) is 0 Å². The van der Waals surface area contributed by atoms with Crippen molar-refractivity contribution >= 4 is 18.4 Å². The molecule has 0 aliphatic rings. The average molecular weight is 453 g/mol. The molecule has 2 heteroatoms. The second-order valence-electron chi connectivity index (χ2n) is 8.23. The van der Waals surface area contributed by atoms with Crippen LogP contribution in [0.25, 0.3) is 0 Å². The van der Waals surface area contributed by atoms with Crippen LogP contribution in [0.2, 0.25) is 13.3 Å². The third kappa shape index (κ3) is 7.84. The Morgan fingerprint density at radius 3 is 1.68 bits per heavy atom. The fraction of sp³-hybridized carbons (Fsp3) is 0.652. The zero-order valence-corrected chi connectivity index (χ0v) is 20.1. The van der Waals surface area contributed by atoms with E-state index in [2.05, 4.69) is 44.8 Å². The Morgan fingerprint density at radius 2 is 1.28 bits per heavy atom. The Morgan fingerprint density at radius 1 is 0.840 bits per heavy atom. The molecule has 0 saturated heterocycles. The molecule has 0 aromatic heterocycles. The van der Waals surface area contributed by atoms with Crippen molar-refractivity contribution in [1.82, 2.24) is 0 Å². The van der Waals surface area contributed by atoms with Gasteiger partial charge in [0, 0.05) is 0 Å². The number of allylic oxidation sites excluding steroid dienone is 1. The molecule has 1 aromatic rings. The molecule has 1 rings (SSSR count). The van der Waals surface area contributed by atoms with Crippen molar-refractivity contribution in [3.05, 3.63) is 45.8 Å². The van der Waals surface area contributed by atoms with E-state index in [1.54, 1.807) is 12.1 Å². The maximum atomic E-state index is 13.3. The summed E-state index contributed by atoms with van der Waals surface area (Å²) in [6.07, 6.45) is 10.6. The van der Waals surface area contributed by atoms with Crippen LogP contribution in [0.1, 0.15) is 78.7 Å². The van der Waals surface area contributed by atoms with E-state index < -0.39 is 18.4 Å². The fourth-order valence-electron chi connectivity index (χ4n) is 3.57. The molecule has 0 atom stereocenters. The summed E-state index contributed by atoms with van der Waals surface area (Å²) in [4.78, 5) is 0. The van der Waals surface area contributed by atoms with Gasteiger partial charge in [-0.1, -0.05) is 0 Å². The van der Waals surface area contributed by atoms with Gasteiger partial charge < -0.3 is 0 Å². The van der Waals surface area contributed by atoms with Crippen molar-refractivity contribution in [1.29, 1.82) is 0 Å². The molecule has 0 bridgehead atoms. The van der Waals surface area contributed by atoms with Gasteiger partial charge in [-0.3, -0.25) is 0 Å². The van der Waals surface area contributed by atoms with Crippen LogP contribution in [0.3, 0.4) is 0 Å². The predicted molar refractivity (Wildman–Crippen MR) is 113 cm³/mol. The van der Waals surface area contributed by atoms with Crippen molar-refractivity contribution in [2.75, 3.05) is 0 Å². The Kier molecular flexibility index (Phi) is 10.4. The summed E-state index contributed by atoms with van der Waals surface area (Å²) in [6, 6.07) is 7.07. The zero-order valence-electron chi connectivity index (χ0n) is 17.2. The molecule has 0 nitrogen and oxygen atoms in total. The molecule has 0 fully saturated rings. The Balaban J connectivity index is 3.05. The van der Waals surface area contributed by atoms with E-state index in [1.165, 1.54) is 57.4 Å². The van der Waals surface area contributed by atoms with Crippen molar-refractivity contribution in [3.63, 3.8) is 0 Å². The zero-order chi connectivity index (χ0) is 18.8. The predicted octanol–water partition coefficient (Wildman–Crippen LogP) is 8.05. The molecular formula is C23H39FSn. The van der Waals surface area contributed by atoms with Crippen molar-refractivity contribution < 1.29 is 4.39 Å². The maximum absolute atomic E-state index is 13.3. The Bertz CT molecular complexity index is 480. The molecule has 25 heavy (non-hydrogen) atoms. The molecule has 0 spiro atoms. The number of hydrogen-bond acceptors (Lipinski definition) is 0. The standard InChI is InChI=1S/C11H12F.3C4H9.Sn/c1-4-11(2,3)9-5-7-10(12)8-6-9;3*1-3-4-2;/h1,4-8H,2-3H3;3*1,3-4H2,2H3;. The summed E-state index contributed by atoms with van der Waals surface area (Å²) in [5.74, 6) is -0.147. The summed E-state index contributed by atoms with van der Waals surface area (Å²) in [6.45, 7) is 11.5. The minimum atomic E-state index is -2.24. The summed E-state index contributed by atoms with van der Waals surface area (Å²) in [5.41, 5.74) is 1.20. The first-order valence-corrected chi connectivity index (χ1v) is 18.1. The molecule has 0 saturated carbocycles. The molecule has 0 amide bonds. The van der Waals surface area contributed by atoms with Gasteiger partial charge in [0.2, 0.25) is 0 Å². The Labute approximate surface area is 160 Å². The molecule has 0 N–H and O–H groups in total. The fourth-order valence-corrected chi connectivity index (χ4v) is 18.4. The monoisotopic (exact) mass is 454 g/mol. The molecule has 0 radical (unpaired) electrons. The van der Waals surface area contributed by atoms with Gasteiger partial charge in [0.05, 0.1) is 0 Å². The summed E-state index contributed by atoms with van der Waals surface area (Å²) >= 11 is -2.24. The van der Waals surface area contributed by atoms with E-state index in [0.29, 0.717) is 0 Å². The van der Waals surface area contributed by atoms with E-state index in [4.69, 9.17) is 0 Å². The molecule has 0 unspecified atom stereocenters. The topological polar surface area (TPSA) is 0 Å². The van der Waals surface area contributed by atoms with Crippen LogP contribution in [-0.2, 0) is 5.41 Å². The summed E-state index contributed by atoms with van der Waals surface area (Å²) in [7, 11) is 0. The van der Waals surface area contributed by atoms with Gasteiger partial charge in [0.1, 0.15) is 0 Å². The van der Waals surface area contributed by atoms with Crippen LogP contribution in [-0.4, -0.2) is 18.4 Å². The van der Waals surface area contributed by atoms with Gasteiger partial charge in [0.25, 0.3) is 0 Å². The van der Waals surface area contributed by atoms with Crippen molar-refractivity contribution in [2.24, 2.45) is 0 Å². The summed E-state index contributed by atoms with van der Waals surface area (Å²) in [5, 5.41) is 0. The van der Waals surface area contributed by atoms with Crippen molar-refractivity contribution in [3.8, 4) is 0 Å². The second-order valence-corrected chi connectivity index (χ2v) is 21.2. The van der Waals surface area contributed by atoms with E-state index in [-0.39, 0.29) is 11.2 Å². The SMILES string of the molecule is CCC[CH2][Sn](/[CH]=C/C(C)(C)c1ccc(F)cc1)([CH2]CCC)[CH2]CCC. The van der Waals surface area contributed by atoms with Gasteiger partial charge in [-0.2, -0.15) is 0 Å². The molecule has 1 aromatic carbocycles. The van der Waals surface area contributed by atoms with Gasteiger partial charge in [-0.15, -0.1) is 0 Å². The molecule has 0 aliphatic carbocycles. The first-order valence-electron chi connectivity index (χ1n) is 10.4. The Hall–Kier alpha value is -0.311. The van der Waals surface area contributed by atoms with Crippen LogP contribution in [0.5, 0.6) is 0 Å². The van der Waals surface area contributed by atoms with Crippen LogP contribution in [0.15, 0.2) is 34.4 Å². The normalized spacial score (nSPS) is 12.9. The number of halogens is 1. The summed E-state index contributed by atoms with van der Waals surface area (Å²) < 4.78 is 20.5. The third-order valence-electron chi connectivity index (χ3n) is 5.53. The molecule has 0 aliphatic heterocycles. The number of benzene rings is 1. The first-order chi connectivity index (χ1) is 11.9. The van der Waals surface area contributed by atoms with E-state index >= 15 is 0 Å². The van der Waals surface area contributed by atoms with Gasteiger partial charge in [0.15, 0.2) is 0 Å². The minimum absolute atomic E-state index is 0.0134. The third-order valence-corrected chi connectivity index (χ3v) is 19.6. The first kappa shape index (κ1) is 22.7. The van der Waals surface area contributed by atoms with Crippen LogP contribution in [0, 0.1) is 5.82 Å². The number of rotatable bonds is 12. The molecular weight excluding hydrogens is 414 g/mol. The van der Waals surface area contributed by atoms with Gasteiger partial charge >= 0.3 is 160 Å². The quantitative estimate of drug-likeness (QED) is 0.281. The second kappa shape index (κ2) is 11.4. The average Bonchev–Trinajstić information content (AvgIpc) is 2.61. The molecule has 142 valence electrons. The van der Waals surface area contributed by atoms with E-state index in [9.17, 15) is 4.39 Å². The van der Waals surface area contributed by atoms with E-state index in [1.807, 2.05) is 12.1 Å². The molecule has 0 heterocycles. The van der Waals surface area contributed by atoms with Crippen molar-refractivity contribution in [2.45, 2.75) is 91.9 Å². The van der Waals surface area contributed by atoms with Crippen LogP contribution in [0.4, 0.5) is 4.39 Å².